The van der Waals surface area contributed by atoms with Crippen LogP contribution in [0, 0.1) is 0 Å². The third kappa shape index (κ3) is 3.59. The maximum absolute atomic E-state index is 11.6. The van der Waals surface area contributed by atoms with E-state index in [2.05, 4.69) is 28.1 Å². The molecule has 7 heteroatoms. The smallest absolute Gasteiger partial charge is 0.324 e. The summed E-state index contributed by atoms with van der Waals surface area (Å²) in [6.07, 6.45) is 0. The predicted octanol–water partition coefficient (Wildman–Crippen LogP) is 1.40. The fourth-order valence-corrected chi connectivity index (χ4v) is 3.33. The van der Waals surface area contributed by atoms with Gasteiger partial charge in [0.25, 0.3) is 0 Å². The molecule has 23 heavy (non-hydrogen) atoms. The van der Waals surface area contributed by atoms with Crippen LogP contribution >= 0.6 is 11.6 Å². The van der Waals surface area contributed by atoms with Gasteiger partial charge in [-0.1, -0.05) is 17.7 Å². The lowest BCUT2D eigenvalue weighted by molar-refractivity contribution is -0.125. The van der Waals surface area contributed by atoms with E-state index in [1.807, 2.05) is 18.2 Å². The van der Waals surface area contributed by atoms with Gasteiger partial charge in [-0.15, -0.1) is 0 Å². The van der Waals surface area contributed by atoms with Gasteiger partial charge in [0, 0.05) is 49.5 Å². The van der Waals surface area contributed by atoms with Gasteiger partial charge < -0.3 is 10.2 Å². The lowest BCUT2D eigenvalue weighted by Crippen LogP contribution is -2.54. The molecule has 1 unspecified atom stereocenters. The number of urea groups is 1. The number of imide groups is 1. The fraction of sp³-hybridized carbons (Fsp3) is 0.500. The summed E-state index contributed by atoms with van der Waals surface area (Å²) >= 11 is 6.07. The zero-order valence-electron chi connectivity index (χ0n) is 13.2. The van der Waals surface area contributed by atoms with Crippen molar-refractivity contribution in [2.75, 3.05) is 44.2 Å². The molecule has 0 saturated carbocycles. The number of halogens is 1. The Balaban J connectivity index is 1.54. The Bertz CT molecular complexity index is 593. The third-order valence-electron chi connectivity index (χ3n) is 4.49. The monoisotopic (exact) mass is 336 g/mol. The van der Waals surface area contributed by atoms with Crippen molar-refractivity contribution in [1.82, 2.24) is 15.1 Å². The Kier molecular flexibility index (Phi) is 4.73. The van der Waals surface area contributed by atoms with E-state index < -0.39 is 0 Å². The van der Waals surface area contributed by atoms with Gasteiger partial charge in [-0.3, -0.25) is 14.6 Å². The Morgan fingerprint density at radius 3 is 2.74 bits per heavy atom. The van der Waals surface area contributed by atoms with Gasteiger partial charge in [0.1, 0.15) is 0 Å². The highest BCUT2D eigenvalue weighted by Gasteiger charge is 2.30. The van der Waals surface area contributed by atoms with Crippen LogP contribution in [0.15, 0.2) is 24.3 Å². The van der Waals surface area contributed by atoms with E-state index in [0.717, 1.165) is 30.3 Å². The van der Waals surface area contributed by atoms with E-state index in [0.29, 0.717) is 19.1 Å². The number of rotatable bonds is 4. The molecule has 0 bridgehead atoms. The molecule has 2 aliphatic rings. The molecule has 124 valence electrons. The molecule has 2 fully saturated rings. The number of benzene rings is 1. The Hall–Kier alpha value is -1.79. The standard InChI is InChI=1S/C16H21ClN4O2/c1-12-11-20(14-4-2-3-13(17)9-14)6-5-19(12)7-8-21-15(22)10-18-16(21)23/h2-4,9,12H,5-8,10-11H2,1H3,(H,18,23). The van der Waals surface area contributed by atoms with Crippen molar-refractivity contribution in [2.24, 2.45) is 0 Å². The molecule has 0 aromatic heterocycles. The average Bonchev–Trinajstić information content (AvgIpc) is 2.85. The molecule has 3 rings (SSSR count). The van der Waals surface area contributed by atoms with Gasteiger partial charge in [0.05, 0.1) is 6.54 Å². The number of nitrogens with zero attached hydrogens (tertiary/aromatic N) is 3. The quantitative estimate of drug-likeness (QED) is 0.845. The number of nitrogens with one attached hydrogen (secondary N) is 1. The molecule has 1 aromatic carbocycles. The lowest BCUT2D eigenvalue weighted by atomic mass is 10.1. The van der Waals surface area contributed by atoms with Crippen molar-refractivity contribution in [2.45, 2.75) is 13.0 Å². The number of carbonyl (C=O) groups excluding carboxylic acids is 2. The number of amides is 3. The van der Waals surface area contributed by atoms with Crippen molar-refractivity contribution >= 4 is 29.2 Å². The first-order chi connectivity index (χ1) is 11.0. The number of carbonyl (C=O) groups is 2. The molecule has 2 saturated heterocycles. The van der Waals surface area contributed by atoms with E-state index in [1.165, 1.54) is 4.90 Å². The van der Waals surface area contributed by atoms with Crippen LogP contribution in [-0.2, 0) is 4.79 Å². The van der Waals surface area contributed by atoms with Gasteiger partial charge in [-0.05, 0) is 25.1 Å². The van der Waals surface area contributed by atoms with Gasteiger partial charge >= 0.3 is 6.03 Å². The molecule has 6 nitrogen and oxygen atoms in total. The molecule has 0 spiro atoms. The first-order valence-corrected chi connectivity index (χ1v) is 8.25. The van der Waals surface area contributed by atoms with Crippen molar-refractivity contribution in [3.8, 4) is 0 Å². The van der Waals surface area contributed by atoms with Crippen LogP contribution in [0.25, 0.3) is 0 Å². The van der Waals surface area contributed by atoms with Gasteiger partial charge in [-0.25, -0.2) is 4.79 Å². The molecular formula is C16H21ClN4O2. The minimum atomic E-state index is -0.278. The van der Waals surface area contributed by atoms with Crippen molar-refractivity contribution in [3.63, 3.8) is 0 Å². The summed E-state index contributed by atoms with van der Waals surface area (Å²) in [5, 5.41) is 3.30. The largest absolute Gasteiger partial charge is 0.369 e. The van der Waals surface area contributed by atoms with Crippen LogP contribution in [0.2, 0.25) is 5.02 Å². The molecule has 1 aromatic rings. The summed E-state index contributed by atoms with van der Waals surface area (Å²) in [5.74, 6) is -0.139. The highest BCUT2D eigenvalue weighted by molar-refractivity contribution is 6.30. The Morgan fingerprint density at radius 1 is 1.26 bits per heavy atom. The number of hydrogen-bond acceptors (Lipinski definition) is 4. The number of anilines is 1. The first kappa shape index (κ1) is 16.1. The summed E-state index contributed by atoms with van der Waals surface area (Å²) in [4.78, 5) is 29.1. The topological polar surface area (TPSA) is 55.9 Å². The first-order valence-electron chi connectivity index (χ1n) is 7.87. The lowest BCUT2D eigenvalue weighted by Gasteiger charge is -2.41. The number of piperazine rings is 1. The second-order valence-corrected chi connectivity index (χ2v) is 6.45. The van der Waals surface area contributed by atoms with Gasteiger partial charge in [-0.2, -0.15) is 0 Å². The van der Waals surface area contributed by atoms with E-state index in [9.17, 15) is 9.59 Å². The highest BCUT2D eigenvalue weighted by Crippen LogP contribution is 2.22. The van der Waals surface area contributed by atoms with Crippen LogP contribution in [0.5, 0.6) is 0 Å². The van der Waals surface area contributed by atoms with Crippen LogP contribution in [0.3, 0.4) is 0 Å². The van der Waals surface area contributed by atoms with Gasteiger partial charge in [0.15, 0.2) is 0 Å². The van der Waals surface area contributed by atoms with Crippen molar-refractivity contribution in [1.29, 1.82) is 0 Å². The summed E-state index contributed by atoms with van der Waals surface area (Å²) in [5.41, 5.74) is 1.14. The summed E-state index contributed by atoms with van der Waals surface area (Å²) in [7, 11) is 0. The third-order valence-corrected chi connectivity index (χ3v) is 4.72. The zero-order chi connectivity index (χ0) is 16.4. The molecule has 0 radical (unpaired) electrons. The van der Waals surface area contributed by atoms with Crippen LogP contribution in [0.4, 0.5) is 10.5 Å². The number of hydrogen-bond donors (Lipinski definition) is 1. The fourth-order valence-electron chi connectivity index (χ4n) is 3.14. The SMILES string of the molecule is CC1CN(c2cccc(Cl)c2)CCN1CCN1C(=O)CNC1=O. The zero-order valence-corrected chi connectivity index (χ0v) is 13.9. The highest BCUT2D eigenvalue weighted by atomic mass is 35.5. The maximum atomic E-state index is 11.6. The van der Waals surface area contributed by atoms with Gasteiger partial charge in [0.2, 0.25) is 5.91 Å². The Morgan fingerprint density at radius 2 is 2.09 bits per heavy atom. The van der Waals surface area contributed by atoms with E-state index >= 15 is 0 Å². The summed E-state index contributed by atoms with van der Waals surface area (Å²) in [6.45, 7) is 6.16. The van der Waals surface area contributed by atoms with Crippen LogP contribution < -0.4 is 10.2 Å². The van der Waals surface area contributed by atoms with E-state index in [4.69, 9.17) is 11.6 Å². The molecule has 0 aliphatic carbocycles. The molecule has 2 heterocycles. The molecule has 1 atom stereocenters. The van der Waals surface area contributed by atoms with Crippen molar-refractivity contribution < 1.29 is 9.59 Å². The predicted molar refractivity (Wildman–Crippen MR) is 89.8 cm³/mol. The molecular weight excluding hydrogens is 316 g/mol. The van der Waals surface area contributed by atoms with Crippen LogP contribution in [-0.4, -0.2) is 67.0 Å². The van der Waals surface area contributed by atoms with E-state index in [1.54, 1.807) is 0 Å². The average molecular weight is 337 g/mol. The molecule has 3 amide bonds. The second-order valence-electron chi connectivity index (χ2n) is 6.01. The second kappa shape index (κ2) is 6.76. The maximum Gasteiger partial charge on any atom is 0.324 e. The summed E-state index contributed by atoms with van der Waals surface area (Å²) < 4.78 is 0. The minimum Gasteiger partial charge on any atom is -0.369 e. The summed E-state index contributed by atoms with van der Waals surface area (Å²) in [6, 6.07) is 7.97. The minimum absolute atomic E-state index is 0.122. The van der Waals surface area contributed by atoms with E-state index in [-0.39, 0.29) is 18.5 Å². The van der Waals surface area contributed by atoms with Crippen LogP contribution in [0.1, 0.15) is 6.92 Å². The van der Waals surface area contributed by atoms with Crippen molar-refractivity contribution in [3.05, 3.63) is 29.3 Å². The Labute approximate surface area is 141 Å². The molecule has 2 aliphatic heterocycles. The molecule has 1 N–H and O–H groups in total. The normalized spacial score (nSPS) is 22.6.